The van der Waals surface area contributed by atoms with E-state index in [0.29, 0.717) is 32.9 Å². The summed E-state index contributed by atoms with van der Waals surface area (Å²) in [7, 11) is 0. The zero-order valence-electron chi connectivity index (χ0n) is 12.9. The Morgan fingerprint density at radius 3 is 2.48 bits per heavy atom. The third-order valence-corrected chi connectivity index (χ3v) is 4.14. The second-order valence-electron chi connectivity index (χ2n) is 5.29. The van der Waals surface area contributed by atoms with Gasteiger partial charge < -0.3 is 4.42 Å². The molecule has 5 nitrogen and oxygen atoms in total. The number of rotatable bonds is 4. The van der Waals surface area contributed by atoms with E-state index in [4.69, 9.17) is 16.0 Å². The molecule has 3 rings (SSSR count). The lowest BCUT2D eigenvalue weighted by Gasteiger charge is -2.04. The average Bonchev–Trinajstić information content (AvgIpc) is 2.99. The van der Waals surface area contributed by atoms with Gasteiger partial charge in [-0.1, -0.05) is 54.9 Å². The Morgan fingerprint density at radius 2 is 1.78 bits per heavy atom. The highest BCUT2D eigenvalue weighted by Crippen LogP contribution is 2.29. The van der Waals surface area contributed by atoms with Gasteiger partial charge >= 0.3 is 0 Å². The lowest BCUT2D eigenvalue weighted by Crippen LogP contribution is -1.95. The van der Waals surface area contributed by atoms with E-state index in [1.54, 1.807) is 18.0 Å². The summed E-state index contributed by atoms with van der Waals surface area (Å²) in [5.74, 6) is 0.728. The van der Waals surface area contributed by atoms with Gasteiger partial charge in [0.25, 0.3) is 5.89 Å². The topological polar surface area (TPSA) is 64.7 Å². The summed E-state index contributed by atoms with van der Waals surface area (Å²) in [6, 6.07) is 7.87. The fourth-order valence-electron chi connectivity index (χ4n) is 1.90. The summed E-state index contributed by atoms with van der Waals surface area (Å²) in [6.07, 6.45) is 1.56. The van der Waals surface area contributed by atoms with Crippen molar-refractivity contribution in [2.24, 2.45) is 0 Å². The number of aryl methyl sites for hydroxylation is 1. The van der Waals surface area contributed by atoms with Gasteiger partial charge in [-0.15, -0.1) is 10.2 Å². The van der Waals surface area contributed by atoms with Crippen LogP contribution in [0.3, 0.4) is 0 Å². The third-order valence-electron chi connectivity index (χ3n) is 2.99. The molecule has 0 amide bonds. The van der Waals surface area contributed by atoms with Crippen LogP contribution in [0, 0.1) is 6.92 Å². The van der Waals surface area contributed by atoms with Crippen molar-refractivity contribution in [3.8, 4) is 23.0 Å². The molecule has 0 spiro atoms. The Balaban J connectivity index is 1.95. The molecular weight excluding hydrogens is 332 g/mol. The largest absolute Gasteiger partial charge is 0.415 e. The minimum absolute atomic E-state index is 0.290. The Kier molecular flexibility index (Phi) is 4.63. The first kappa shape index (κ1) is 16.0. The maximum atomic E-state index is 6.18. The molecular formula is C16H15ClN4OS. The Bertz CT molecular complexity index is 817. The standard InChI is InChI=1S/C16H15ClN4OS/c1-9(2)23-16-18-8-12(17)13(19-16)15-21-20-14(22-15)11-6-4-10(3)5-7-11/h4-9H,1-3H3. The SMILES string of the molecule is Cc1ccc(-c2nnc(-c3nc(SC(C)C)ncc3Cl)o2)cc1. The summed E-state index contributed by atoms with van der Waals surface area (Å²) >= 11 is 7.73. The normalized spacial score (nSPS) is 11.2. The Labute approximate surface area is 143 Å². The first-order valence-corrected chi connectivity index (χ1v) is 8.39. The maximum absolute atomic E-state index is 6.18. The minimum Gasteiger partial charge on any atom is -0.415 e. The fraction of sp³-hybridized carbons (Fsp3) is 0.250. The highest BCUT2D eigenvalue weighted by molar-refractivity contribution is 7.99. The van der Waals surface area contributed by atoms with Gasteiger partial charge in [-0.3, -0.25) is 0 Å². The number of nitrogens with zero attached hydrogens (tertiary/aromatic N) is 4. The predicted octanol–water partition coefficient (Wildman–Crippen LogP) is 4.66. The van der Waals surface area contributed by atoms with Gasteiger partial charge in [0.1, 0.15) is 0 Å². The van der Waals surface area contributed by atoms with Crippen LogP contribution in [0.5, 0.6) is 0 Å². The molecule has 1 aromatic carbocycles. The molecule has 0 fully saturated rings. The molecule has 23 heavy (non-hydrogen) atoms. The summed E-state index contributed by atoms with van der Waals surface area (Å²) in [5.41, 5.74) is 2.48. The van der Waals surface area contributed by atoms with Crippen molar-refractivity contribution >= 4 is 23.4 Å². The van der Waals surface area contributed by atoms with Gasteiger partial charge in [0.2, 0.25) is 5.89 Å². The van der Waals surface area contributed by atoms with Crippen LogP contribution in [-0.2, 0) is 0 Å². The molecule has 0 unspecified atom stereocenters. The van der Waals surface area contributed by atoms with E-state index in [0.717, 1.165) is 5.56 Å². The summed E-state index contributed by atoms with van der Waals surface area (Å²) < 4.78 is 5.73. The zero-order chi connectivity index (χ0) is 16.4. The van der Waals surface area contributed by atoms with E-state index in [9.17, 15) is 0 Å². The molecule has 0 saturated carbocycles. The molecule has 0 N–H and O–H groups in total. The first-order chi connectivity index (χ1) is 11.0. The van der Waals surface area contributed by atoms with E-state index in [1.807, 2.05) is 31.2 Å². The summed E-state index contributed by atoms with van der Waals surface area (Å²) in [5, 5.41) is 9.54. The fourth-order valence-corrected chi connectivity index (χ4v) is 2.75. The van der Waals surface area contributed by atoms with Crippen molar-refractivity contribution < 1.29 is 4.42 Å². The van der Waals surface area contributed by atoms with E-state index in [2.05, 4.69) is 34.0 Å². The molecule has 0 radical (unpaired) electrons. The van der Waals surface area contributed by atoms with E-state index >= 15 is 0 Å². The lowest BCUT2D eigenvalue weighted by atomic mass is 10.1. The highest BCUT2D eigenvalue weighted by Gasteiger charge is 2.16. The van der Waals surface area contributed by atoms with Crippen LogP contribution in [0.15, 0.2) is 40.0 Å². The molecule has 2 aromatic heterocycles. The second-order valence-corrected chi connectivity index (χ2v) is 7.24. The van der Waals surface area contributed by atoms with E-state index in [-0.39, 0.29) is 0 Å². The van der Waals surface area contributed by atoms with Crippen LogP contribution in [0.1, 0.15) is 19.4 Å². The molecule has 3 aromatic rings. The second kappa shape index (κ2) is 6.68. The van der Waals surface area contributed by atoms with Crippen LogP contribution < -0.4 is 0 Å². The van der Waals surface area contributed by atoms with Crippen LogP contribution >= 0.6 is 23.4 Å². The number of hydrogen-bond acceptors (Lipinski definition) is 6. The zero-order valence-corrected chi connectivity index (χ0v) is 14.5. The predicted molar refractivity (Wildman–Crippen MR) is 91.5 cm³/mol. The van der Waals surface area contributed by atoms with E-state index in [1.165, 1.54) is 5.56 Å². The van der Waals surface area contributed by atoms with Crippen molar-refractivity contribution in [2.45, 2.75) is 31.2 Å². The summed E-state index contributed by atoms with van der Waals surface area (Å²) in [6.45, 7) is 6.17. The molecule has 0 saturated heterocycles. The number of halogens is 1. The van der Waals surface area contributed by atoms with Crippen molar-refractivity contribution in [3.63, 3.8) is 0 Å². The molecule has 0 aliphatic rings. The molecule has 118 valence electrons. The Morgan fingerprint density at radius 1 is 1.09 bits per heavy atom. The molecule has 0 atom stereocenters. The third kappa shape index (κ3) is 3.71. The van der Waals surface area contributed by atoms with Gasteiger partial charge in [0, 0.05) is 10.8 Å². The lowest BCUT2D eigenvalue weighted by molar-refractivity contribution is 0.581. The average molecular weight is 347 g/mol. The number of aromatic nitrogens is 4. The van der Waals surface area contributed by atoms with Crippen molar-refractivity contribution in [1.29, 1.82) is 0 Å². The summed E-state index contributed by atoms with van der Waals surface area (Å²) in [4.78, 5) is 8.64. The Hall–Kier alpha value is -1.92. The first-order valence-electron chi connectivity index (χ1n) is 7.13. The minimum atomic E-state index is 0.290. The quantitative estimate of drug-likeness (QED) is 0.506. The van der Waals surface area contributed by atoms with Crippen LogP contribution in [0.2, 0.25) is 5.02 Å². The number of hydrogen-bond donors (Lipinski definition) is 0. The van der Waals surface area contributed by atoms with Crippen LogP contribution in [0.25, 0.3) is 23.0 Å². The van der Waals surface area contributed by atoms with E-state index < -0.39 is 0 Å². The molecule has 0 aliphatic carbocycles. The smallest absolute Gasteiger partial charge is 0.268 e. The van der Waals surface area contributed by atoms with Crippen LogP contribution in [-0.4, -0.2) is 25.4 Å². The molecule has 0 aliphatic heterocycles. The number of thioether (sulfide) groups is 1. The highest BCUT2D eigenvalue weighted by atomic mass is 35.5. The molecule has 0 bridgehead atoms. The van der Waals surface area contributed by atoms with Crippen molar-refractivity contribution in [1.82, 2.24) is 20.2 Å². The van der Waals surface area contributed by atoms with Gasteiger partial charge in [-0.2, -0.15) is 0 Å². The van der Waals surface area contributed by atoms with Gasteiger partial charge in [0.05, 0.1) is 11.2 Å². The molecule has 7 heteroatoms. The molecule has 2 heterocycles. The van der Waals surface area contributed by atoms with Gasteiger partial charge in [-0.25, -0.2) is 9.97 Å². The maximum Gasteiger partial charge on any atom is 0.268 e. The van der Waals surface area contributed by atoms with Crippen molar-refractivity contribution in [3.05, 3.63) is 41.0 Å². The monoisotopic (exact) mass is 346 g/mol. The van der Waals surface area contributed by atoms with Gasteiger partial charge in [0.15, 0.2) is 10.9 Å². The van der Waals surface area contributed by atoms with Gasteiger partial charge in [-0.05, 0) is 19.1 Å². The van der Waals surface area contributed by atoms with Crippen LogP contribution in [0.4, 0.5) is 0 Å². The number of benzene rings is 1. The van der Waals surface area contributed by atoms with Crippen molar-refractivity contribution in [2.75, 3.05) is 0 Å².